The minimum absolute atomic E-state index is 0.0227. The van der Waals surface area contributed by atoms with Crippen LogP contribution in [-0.4, -0.2) is 25.5 Å². The number of hydrogen-bond donors (Lipinski definition) is 1. The molecule has 170 valence electrons. The standard InChI is InChI=1S/C21H20Br2F3N5O/c1-12-2-4-13(5-3-12)10-30-11-15(22)20(29-30)27-16(32)8-9-31-18(14-6-7-14)17(23)19(28-31)21(24,25)26/h2-5,11,14H,6-10H2,1H3,(H,27,29,32). The molecule has 1 N–H and O–H groups in total. The lowest BCUT2D eigenvalue weighted by atomic mass is 10.1. The van der Waals surface area contributed by atoms with E-state index >= 15 is 0 Å². The predicted molar refractivity (Wildman–Crippen MR) is 120 cm³/mol. The Balaban J connectivity index is 1.41. The van der Waals surface area contributed by atoms with Crippen LogP contribution in [0.15, 0.2) is 39.4 Å². The van der Waals surface area contributed by atoms with Crippen molar-refractivity contribution in [2.45, 2.75) is 51.4 Å². The Labute approximate surface area is 199 Å². The van der Waals surface area contributed by atoms with Gasteiger partial charge in [0.05, 0.1) is 27.7 Å². The normalized spacial score (nSPS) is 14.1. The van der Waals surface area contributed by atoms with E-state index in [-0.39, 0.29) is 29.3 Å². The van der Waals surface area contributed by atoms with Gasteiger partial charge in [-0.3, -0.25) is 14.2 Å². The number of alkyl halides is 3. The first-order valence-corrected chi connectivity index (χ1v) is 11.6. The number of benzene rings is 1. The molecule has 1 aliphatic rings. The van der Waals surface area contributed by atoms with Gasteiger partial charge in [0.25, 0.3) is 0 Å². The summed E-state index contributed by atoms with van der Waals surface area (Å²) in [6.07, 6.45) is -1.17. The molecule has 11 heteroatoms. The minimum atomic E-state index is -4.55. The number of halogens is 5. The van der Waals surface area contributed by atoms with Crippen LogP contribution in [0.1, 0.15) is 47.7 Å². The Morgan fingerprint density at radius 3 is 2.50 bits per heavy atom. The number of carbonyl (C=O) groups excluding carboxylic acids is 1. The van der Waals surface area contributed by atoms with E-state index in [1.54, 1.807) is 10.9 Å². The molecule has 32 heavy (non-hydrogen) atoms. The quantitative estimate of drug-likeness (QED) is 0.383. The summed E-state index contributed by atoms with van der Waals surface area (Å²) < 4.78 is 43.3. The Morgan fingerprint density at radius 1 is 1.19 bits per heavy atom. The lowest BCUT2D eigenvalue weighted by Gasteiger charge is -2.07. The second-order valence-corrected chi connectivity index (χ2v) is 9.50. The van der Waals surface area contributed by atoms with Crippen LogP contribution >= 0.6 is 31.9 Å². The third-order valence-electron chi connectivity index (χ3n) is 5.15. The van der Waals surface area contributed by atoms with Crippen LogP contribution < -0.4 is 5.32 Å². The van der Waals surface area contributed by atoms with Crippen molar-refractivity contribution in [3.63, 3.8) is 0 Å². The van der Waals surface area contributed by atoms with Crippen molar-refractivity contribution in [3.8, 4) is 0 Å². The summed E-state index contributed by atoms with van der Waals surface area (Å²) in [5.41, 5.74) is 1.80. The average Bonchev–Trinajstić information content (AvgIpc) is 3.41. The number of amides is 1. The molecule has 2 heterocycles. The van der Waals surface area contributed by atoms with Gasteiger partial charge in [-0.15, -0.1) is 0 Å². The molecule has 2 aromatic heterocycles. The van der Waals surface area contributed by atoms with Gasteiger partial charge in [-0.05, 0) is 57.2 Å². The van der Waals surface area contributed by atoms with Crippen LogP contribution in [0.5, 0.6) is 0 Å². The van der Waals surface area contributed by atoms with Crippen molar-refractivity contribution in [3.05, 3.63) is 61.9 Å². The second-order valence-electron chi connectivity index (χ2n) is 7.85. The predicted octanol–water partition coefficient (Wildman–Crippen LogP) is 5.89. The Kier molecular flexibility index (Phi) is 6.49. The van der Waals surface area contributed by atoms with Gasteiger partial charge in [-0.2, -0.15) is 23.4 Å². The van der Waals surface area contributed by atoms with Gasteiger partial charge in [-0.1, -0.05) is 29.8 Å². The number of nitrogens with one attached hydrogen (secondary N) is 1. The first kappa shape index (κ1) is 23.0. The Hall–Kier alpha value is -2.14. The van der Waals surface area contributed by atoms with E-state index in [0.717, 1.165) is 18.4 Å². The maximum Gasteiger partial charge on any atom is 0.436 e. The van der Waals surface area contributed by atoms with Gasteiger partial charge in [0.15, 0.2) is 11.5 Å². The van der Waals surface area contributed by atoms with Crippen LogP contribution in [0.2, 0.25) is 0 Å². The molecule has 1 aliphatic carbocycles. The SMILES string of the molecule is Cc1ccc(Cn2cc(Br)c(NC(=O)CCn3nc(C(F)(F)F)c(Br)c3C3CC3)n2)cc1. The molecule has 0 radical (unpaired) electrons. The Morgan fingerprint density at radius 2 is 1.88 bits per heavy atom. The number of nitrogens with zero attached hydrogens (tertiary/aromatic N) is 4. The fraction of sp³-hybridized carbons (Fsp3) is 0.381. The first-order valence-electron chi connectivity index (χ1n) is 10.0. The molecule has 6 nitrogen and oxygen atoms in total. The van der Waals surface area contributed by atoms with Crippen LogP contribution in [0, 0.1) is 6.92 Å². The van der Waals surface area contributed by atoms with E-state index in [0.29, 0.717) is 22.5 Å². The van der Waals surface area contributed by atoms with Gasteiger partial charge in [0, 0.05) is 18.5 Å². The van der Waals surface area contributed by atoms with E-state index in [2.05, 4.69) is 47.4 Å². The van der Waals surface area contributed by atoms with Crippen LogP contribution in [0.25, 0.3) is 0 Å². The summed E-state index contributed by atoms with van der Waals surface area (Å²) in [5.74, 6) is 0.0537. The maximum atomic E-state index is 13.2. The number of hydrogen-bond acceptors (Lipinski definition) is 3. The molecule has 1 amide bonds. The van der Waals surface area contributed by atoms with Crippen LogP contribution in [0.3, 0.4) is 0 Å². The lowest BCUT2D eigenvalue weighted by molar-refractivity contribution is -0.142. The second kappa shape index (κ2) is 9.01. The smallest absolute Gasteiger partial charge is 0.308 e. The van der Waals surface area contributed by atoms with Crippen LogP contribution in [-0.2, 0) is 24.1 Å². The van der Waals surface area contributed by atoms with Crippen molar-refractivity contribution in [2.75, 3.05) is 5.32 Å². The zero-order chi connectivity index (χ0) is 23.0. The van der Waals surface area contributed by atoms with E-state index in [9.17, 15) is 18.0 Å². The molecular weight excluding hydrogens is 555 g/mol. The minimum Gasteiger partial charge on any atom is -0.308 e. The van der Waals surface area contributed by atoms with Crippen LogP contribution in [0.4, 0.5) is 19.0 Å². The summed E-state index contributed by atoms with van der Waals surface area (Å²) in [5, 5.41) is 10.8. The Bertz CT molecular complexity index is 1130. The summed E-state index contributed by atoms with van der Waals surface area (Å²) in [7, 11) is 0. The number of aryl methyl sites for hydroxylation is 2. The third-order valence-corrected chi connectivity index (χ3v) is 6.52. The zero-order valence-electron chi connectivity index (χ0n) is 17.1. The molecule has 0 saturated heterocycles. The van der Waals surface area contributed by atoms with Gasteiger partial charge in [0.1, 0.15) is 0 Å². The largest absolute Gasteiger partial charge is 0.436 e. The van der Waals surface area contributed by atoms with Gasteiger partial charge in [-0.25, -0.2) is 0 Å². The van der Waals surface area contributed by atoms with E-state index in [1.807, 2.05) is 31.2 Å². The molecule has 3 aromatic rings. The van der Waals surface area contributed by atoms with Crippen molar-refractivity contribution in [1.82, 2.24) is 19.6 Å². The average molecular weight is 575 g/mol. The monoisotopic (exact) mass is 573 g/mol. The number of anilines is 1. The van der Waals surface area contributed by atoms with Gasteiger partial charge >= 0.3 is 6.18 Å². The fourth-order valence-electron chi connectivity index (χ4n) is 3.40. The highest BCUT2D eigenvalue weighted by Crippen LogP contribution is 2.47. The van der Waals surface area contributed by atoms with E-state index < -0.39 is 11.9 Å². The molecular formula is C21H20Br2F3N5O. The molecule has 0 bridgehead atoms. The maximum absolute atomic E-state index is 13.2. The third kappa shape index (κ3) is 5.25. The summed E-state index contributed by atoms with van der Waals surface area (Å²) >= 11 is 6.45. The molecule has 1 aromatic carbocycles. The van der Waals surface area contributed by atoms with E-state index in [4.69, 9.17) is 0 Å². The molecule has 1 saturated carbocycles. The molecule has 0 atom stereocenters. The number of carbonyl (C=O) groups is 1. The lowest BCUT2D eigenvalue weighted by Crippen LogP contribution is -2.17. The molecule has 4 rings (SSSR count). The number of aromatic nitrogens is 4. The molecule has 1 fully saturated rings. The molecule has 0 unspecified atom stereocenters. The van der Waals surface area contributed by atoms with Gasteiger partial charge in [0.2, 0.25) is 5.91 Å². The first-order chi connectivity index (χ1) is 15.1. The summed E-state index contributed by atoms with van der Waals surface area (Å²) in [4.78, 5) is 12.5. The fourth-order valence-corrected chi connectivity index (χ4v) is 4.64. The van der Waals surface area contributed by atoms with Crippen molar-refractivity contribution >= 4 is 43.6 Å². The van der Waals surface area contributed by atoms with Crippen molar-refractivity contribution < 1.29 is 18.0 Å². The summed E-state index contributed by atoms with van der Waals surface area (Å²) in [6.45, 7) is 2.61. The topological polar surface area (TPSA) is 64.7 Å². The van der Waals surface area contributed by atoms with Crippen molar-refractivity contribution in [1.29, 1.82) is 0 Å². The number of rotatable bonds is 7. The van der Waals surface area contributed by atoms with Crippen molar-refractivity contribution in [2.24, 2.45) is 0 Å². The zero-order valence-corrected chi connectivity index (χ0v) is 20.3. The summed E-state index contributed by atoms with van der Waals surface area (Å²) in [6, 6.07) is 8.06. The van der Waals surface area contributed by atoms with Gasteiger partial charge < -0.3 is 5.32 Å². The molecule has 0 spiro atoms. The molecule has 0 aliphatic heterocycles. The highest BCUT2D eigenvalue weighted by atomic mass is 79.9. The van der Waals surface area contributed by atoms with E-state index in [1.165, 1.54) is 10.2 Å². The highest BCUT2D eigenvalue weighted by Gasteiger charge is 2.41. The highest BCUT2D eigenvalue weighted by molar-refractivity contribution is 9.11.